The predicted octanol–water partition coefficient (Wildman–Crippen LogP) is 1.74. The molecule has 2 N–H and O–H groups in total. The molecule has 1 aromatic heterocycles. The van der Waals surface area contributed by atoms with Gasteiger partial charge in [-0.3, -0.25) is 4.79 Å². The summed E-state index contributed by atoms with van der Waals surface area (Å²) in [6.45, 7) is 0.463. The molecule has 2 aromatic rings. The average molecular weight is 283 g/mol. The Balaban J connectivity index is 1.55. The predicted molar refractivity (Wildman–Crippen MR) is 80.2 cm³/mol. The van der Waals surface area contributed by atoms with E-state index in [2.05, 4.69) is 15.6 Å². The summed E-state index contributed by atoms with van der Waals surface area (Å²) in [6, 6.07) is 11.5. The number of methoxy groups -OCH3 is 1. The number of hydrogen-bond donors (Lipinski definition) is 2. The maximum Gasteiger partial charge on any atom is 0.243 e. The van der Waals surface area contributed by atoms with E-state index in [0.717, 1.165) is 17.7 Å². The van der Waals surface area contributed by atoms with E-state index in [-0.39, 0.29) is 11.9 Å². The minimum atomic E-state index is -0.200. The fraction of sp³-hybridized carbons (Fsp3) is 0.250. The van der Waals surface area contributed by atoms with Crippen molar-refractivity contribution < 1.29 is 9.53 Å². The summed E-state index contributed by atoms with van der Waals surface area (Å²) in [7, 11) is 1.58. The van der Waals surface area contributed by atoms with E-state index < -0.39 is 0 Å². The smallest absolute Gasteiger partial charge is 0.243 e. The number of nitrogens with zero attached hydrogens (tertiary/aromatic N) is 1. The van der Waals surface area contributed by atoms with Crippen LogP contribution in [0, 0.1) is 0 Å². The number of carbonyl (C=O) groups excluding carboxylic acids is 1. The van der Waals surface area contributed by atoms with E-state index in [4.69, 9.17) is 4.74 Å². The number of anilines is 1. The molecule has 0 spiro atoms. The highest BCUT2D eigenvalue weighted by Crippen LogP contribution is 2.25. The quantitative estimate of drug-likeness (QED) is 0.897. The number of ether oxygens (including phenoxy) is 1. The van der Waals surface area contributed by atoms with Crippen molar-refractivity contribution in [2.24, 2.45) is 0 Å². The van der Waals surface area contributed by atoms with Crippen molar-refractivity contribution in [1.82, 2.24) is 10.3 Å². The van der Waals surface area contributed by atoms with Gasteiger partial charge in [-0.2, -0.15) is 0 Å². The number of aromatic nitrogens is 1. The molecular weight excluding hydrogens is 266 g/mol. The zero-order chi connectivity index (χ0) is 14.7. The normalized spacial score (nSPS) is 16.0. The van der Waals surface area contributed by atoms with Crippen LogP contribution in [0.2, 0.25) is 0 Å². The van der Waals surface area contributed by atoms with Gasteiger partial charge in [0.25, 0.3) is 0 Å². The third-order valence-corrected chi connectivity index (χ3v) is 3.56. The summed E-state index contributed by atoms with van der Waals surface area (Å²) in [6.07, 6.45) is 2.43. The van der Waals surface area contributed by atoms with Crippen LogP contribution in [0.5, 0.6) is 5.88 Å². The first-order valence-electron chi connectivity index (χ1n) is 6.87. The van der Waals surface area contributed by atoms with Gasteiger partial charge < -0.3 is 15.4 Å². The number of pyridine rings is 1. The topological polar surface area (TPSA) is 63.2 Å². The Morgan fingerprint density at radius 3 is 2.95 bits per heavy atom. The molecule has 1 aromatic carbocycles. The Morgan fingerprint density at radius 2 is 2.24 bits per heavy atom. The number of fused-ring (bicyclic) bond motifs is 1. The average Bonchev–Trinajstić information content (AvgIpc) is 2.97. The molecule has 21 heavy (non-hydrogen) atoms. The molecule has 0 aliphatic carbocycles. The number of rotatable bonds is 4. The monoisotopic (exact) mass is 283 g/mol. The first-order valence-corrected chi connectivity index (χ1v) is 6.87. The minimum absolute atomic E-state index is 0.00187. The van der Waals surface area contributed by atoms with E-state index in [1.807, 2.05) is 30.3 Å². The summed E-state index contributed by atoms with van der Waals surface area (Å²) in [5.41, 5.74) is 3.17. The SMILES string of the molecule is COc1ccc(CNC(=O)[C@@H]2Cc3ccccc3N2)cn1. The highest BCUT2D eigenvalue weighted by atomic mass is 16.5. The lowest BCUT2D eigenvalue weighted by atomic mass is 10.1. The largest absolute Gasteiger partial charge is 0.481 e. The van der Waals surface area contributed by atoms with Crippen LogP contribution in [0.4, 0.5) is 5.69 Å². The first kappa shape index (κ1) is 13.4. The van der Waals surface area contributed by atoms with Crippen LogP contribution < -0.4 is 15.4 Å². The van der Waals surface area contributed by atoms with Gasteiger partial charge in [0.05, 0.1) is 7.11 Å². The Hall–Kier alpha value is -2.56. The molecule has 0 fully saturated rings. The lowest BCUT2D eigenvalue weighted by Gasteiger charge is -2.12. The Morgan fingerprint density at radius 1 is 1.38 bits per heavy atom. The molecule has 0 saturated heterocycles. The minimum Gasteiger partial charge on any atom is -0.481 e. The van der Waals surface area contributed by atoms with Gasteiger partial charge in [-0.05, 0) is 17.2 Å². The first-order chi connectivity index (χ1) is 10.3. The van der Waals surface area contributed by atoms with Gasteiger partial charge in [-0.15, -0.1) is 0 Å². The highest BCUT2D eigenvalue weighted by Gasteiger charge is 2.25. The number of nitrogens with one attached hydrogen (secondary N) is 2. The van der Waals surface area contributed by atoms with Crippen molar-refractivity contribution in [2.45, 2.75) is 19.0 Å². The zero-order valence-corrected chi connectivity index (χ0v) is 11.8. The Kier molecular flexibility index (Phi) is 3.73. The van der Waals surface area contributed by atoms with E-state index >= 15 is 0 Å². The molecular formula is C16H17N3O2. The van der Waals surface area contributed by atoms with Crippen LogP contribution in [-0.2, 0) is 17.8 Å². The van der Waals surface area contributed by atoms with Crippen LogP contribution in [0.3, 0.4) is 0 Å². The van der Waals surface area contributed by atoms with Crippen molar-refractivity contribution in [2.75, 3.05) is 12.4 Å². The van der Waals surface area contributed by atoms with Crippen LogP contribution in [0.15, 0.2) is 42.6 Å². The third kappa shape index (κ3) is 2.97. The second-order valence-electron chi connectivity index (χ2n) is 4.98. The van der Waals surface area contributed by atoms with Crippen molar-refractivity contribution >= 4 is 11.6 Å². The Labute approximate surface area is 123 Å². The maximum atomic E-state index is 12.2. The number of carbonyl (C=O) groups is 1. The molecule has 3 rings (SSSR count). The standard InChI is InChI=1S/C16H17N3O2/c1-21-15-7-6-11(9-17-15)10-18-16(20)14-8-12-4-2-3-5-13(12)19-14/h2-7,9,14,19H,8,10H2,1H3,(H,18,20)/t14-/m0/s1. The number of hydrogen-bond acceptors (Lipinski definition) is 4. The lowest BCUT2D eigenvalue weighted by molar-refractivity contribution is -0.121. The van der Waals surface area contributed by atoms with Gasteiger partial charge in [0.15, 0.2) is 0 Å². The summed E-state index contributed by atoms with van der Waals surface area (Å²) < 4.78 is 5.00. The highest BCUT2D eigenvalue weighted by molar-refractivity contribution is 5.87. The van der Waals surface area contributed by atoms with E-state index in [9.17, 15) is 4.79 Å². The molecule has 1 aliphatic heterocycles. The third-order valence-electron chi connectivity index (χ3n) is 3.56. The van der Waals surface area contributed by atoms with Crippen molar-refractivity contribution in [1.29, 1.82) is 0 Å². The van der Waals surface area contributed by atoms with Crippen LogP contribution in [0.1, 0.15) is 11.1 Å². The molecule has 108 valence electrons. The van der Waals surface area contributed by atoms with Gasteiger partial charge in [-0.25, -0.2) is 4.98 Å². The second-order valence-corrected chi connectivity index (χ2v) is 4.98. The number of para-hydroxylation sites is 1. The molecule has 0 saturated carbocycles. The van der Waals surface area contributed by atoms with Gasteiger partial charge >= 0.3 is 0 Å². The van der Waals surface area contributed by atoms with Crippen LogP contribution in [-0.4, -0.2) is 24.0 Å². The zero-order valence-electron chi connectivity index (χ0n) is 11.8. The molecule has 1 amide bonds. The molecule has 1 atom stereocenters. The Bertz CT molecular complexity index is 615. The molecule has 5 heteroatoms. The molecule has 0 unspecified atom stereocenters. The van der Waals surface area contributed by atoms with Gasteiger partial charge in [0, 0.05) is 30.9 Å². The van der Waals surface area contributed by atoms with E-state index in [0.29, 0.717) is 12.4 Å². The molecule has 0 bridgehead atoms. The van der Waals surface area contributed by atoms with Crippen LogP contribution in [0.25, 0.3) is 0 Å². The van der Waals surface area contributed by atoms with Gasteiger partial charge in [-0.1, -0.05) is 24.3 Å². The molecule has 1 aliphatic rings. The fourth-order valence-electron chi connectivity index (χ4n) is 2.40. The maximum absolute atomic E-state index is 12.2. The van der Waals surface area contributed by atoms with Crippen LogP contribution >= 0.6 is 0 Å². The number of amides is 1. The molecule has 5 nitrogen and oxygen atoms in total. The summed E-state index contributed by atoms with van der Waals surface area (Å²) in [4.78, 5) is 16.3. The van der Waals surface area contributed by atoms with E-state index in [1.54, 1.807) is 19.4 Å². The van der Waals surface area contributed by atoms with Gasteiger partial charge in [0.1, 0.15) is 6.04 Å². The molecule has 0 radical (unpaired) electrons. The fourth-order valence-corrected chi connectivity index (χ4v) is 2.40. The van der Waals surface area contributed by atoms with Crippen molar-refractivity contribution in [3.05, 3.63) is 53.7 Å². The van der Waals surface area contributed by atoms with E-state index in [1.165, 1.54) is 5.56 Å². The second kappa shape index (κ2) is 5.83. The van der Waals surface area contributed by atoms with Gasteiger partial charge in [0.2, 0.25) is 11.8 Å². The lowest BCUT2D eigenvalue weighted by Crippen LogP contribution is -2.38. The summed E-state index contributed by atoms with van der Waals surface area (Å²) in [5.74, 6) is 0.569. The van der Waals surface area contributed by atoms with Crippen molar-refractivity contribution in [3.63, 3.8) is 0 Å². The van der Waals surface area contributed by atoms with Crippen molar-refractivity contribution in [3.8, 4) is 5.88 Å². The number of benzene rings is 1. The summed E-state index contributed by atoms with van der Waals surface area (Å²) >= 11 is 0. The molecule has 2 heterocycles. The summed E-state index contributed by atoms with van der Waals surface area (Å²) in [5, 5.41) is 6.17.